The molecule has 86 valence electrons. The molecule has 15 heavy (non-hydrogen) atoms. The second kappa shape index (κ2) is 3.46. The SMILES string of the molecule is CC[N+]1(C(=O)[O-])C[C@H](O)C[C@@]1(C)C(=O)O. The summed E-state index contributed by atoms with van der Waals surface area (Å²) in [6, 6.07) is 0. The highest BCUT2D eigenvalue weighted by atomic mass is 16.4. The Hall–Kier alpha value is -1.14. The quantitative estimate of drug-likeness (QED) is 0.565. The molecule has 0 bridgehead atoms. The number of likely N-dealkylation sites (N-methyl/N-ethyl adjacent to an activating group) is 1. The minimum atomic E-state index is -1.51. The van der Waals surface area contributed by atoms with Crippen LogP contribution in [0.2, 0.25) is 0 Å². The zero-order chi connectivity index (χ0) is 11.9. The van der Waals surface area contributed by atoms with Gasteiger partial charge in [-0.25, -0.2) is 4.79 Å². The van der Waals surface area contributed by atoms with Gasteiger partial charge in [0, 0.05) is 13.3 Å². The van der Waals surface area contributed by atoms with Crippen molar-refractivity contribution in [2.24, 2.45) is 0 Å². The maximum Gasteiger partial charge on any atom is 0.366 e. The molecule has 6 heteroatoms. The third kappa shape index (κ3) is 1.40. The first kappa shape index (κ1) is 11.9. The molecule has 1 unspecified atom stereocenters. The Morgan fingerprint density at radius 1 is 1.60 bits per heavy atom. The van der Waals surface area contributed by atoms with Crippen molar-refractivity contribution in [1.82, 2.24) is 0 Å². The molecule has 1 amide bonds. The van der Waals surface area contributed by atoms with Crippen molar-refractivity contribution in [3.8, 4) is 0 Å². The number of quaternary nitrogens is 1. The van der Waals surface area contributed by atoms with Crippen LogP contribution < -0.4 is 5.11 Å². The summed E-state index contributed by atoms with van der Waals surface area (Å²) in [6.45, 7) is 2.89. The van der Waals surface area contributed by atoms with Crippen LogP contribution in [0.25, 0.3) is 0 Å². The van der Waals surface area contributed by atoms with Crippen LogP contribution >= 0.6 is 0 Å². The summed E-state index contributed by atoms with van der Waals surface area (Å²) in [6.07, 6.45) is -2.42. The molecule has 3 atom stereocenters. The number of aliphatic carboxylic acids is 1. The zero-order valence-corrected chi connectivity index (χ0v) is 8.77. The number of aliphatic hydroxyl groups excluding tert-OH is 1. The van der Waals surface area contributed by atoms with Crippen molar-refractivity contribution in [2.45, 2.75) is 31.9 Å². The molecule has 0 spiro atoms. The van der Waals surface area contributed by atoms with Crippen molar-refractivity contribution in [3.05, 3.63) is 0 Å². The Balaban J connectivity index is 3.25. The fraction of sp³-hybridized carbons (Fsp3) is 0.778. The van der Waals surface area contributed by atoms with E-state index in [0.29, 0.717) is 0 Å². The Kier molecular flexibility index (Phi) is 2.75. The van der Waals surface area contributed by atoms with Gasteiger partial charge < -0.3 is 20.1 Å². The fourth-order valence-corrected chi connectivity index (χ4v) is 2.41. The van der Waals surface area contributed by atoms with E-state index >= 15 is 0 Å². The standard InChI is InChI=1S/C9H15NO5/c1-3-10(8(14)15)5-6(11)4-9(10,2)7(12)13/h6,11H,3-5H2,1-2H3,(H-,12,13,14,15)/t6-,9+,10?/m1/s1. The first-order chi connectivity index (χ1) is 6.80. The summed E-state index contributed by atoms with van der Waals surface area (Å²) < 4.78 is -0.719. The van der Waals surface area contributed by atoms with Crippen molar-refractivity contribution in [3.63, 3.8) is 0 Å². The van der Waals surface area contributed by atoms with E-state index in [0.717, 1.165) is 0 Å². The van der Waals surface area contributed by atoms with Crippen LogP contribution in [-0.2, 0) is 4.79 Å². The van der Waals surface area contributed by atoms with E-state index in [1.807, 2.05) is 0 Å². The van der Waals surface area contributed by atoms with Crippen LogP contribution in [0.3, 0.4) is 0 Å². The van der Waals surface area contributed by atoms with Gasteiger partial charge in [-0.3, -0.25) is 4.48 Å². The predicted octanol–water partition coefficient (Wildman–Crippen LogP) is -1.23. The van der Waals surface area contributed by atoms with E-state index in [2.05, 4.69) is 0 Å². The lowest BCUT2D eigenvalue weighted by atomic mass is 9.96. The molecular formula is C9H15NO5. The number of carboxylic acids is 1. The average molecular weight is 217 g/mol. The van der Waals surface area contributed by atoms with Gasteiger partial charge in [-0.2, -0.15) is 0 Å². The lowest BCUT2D eigenvalue weighted by molar-refractivity contribution is -0.901. The third-order valence-electron chi connectivity index (χ3n) is 3.45. The fourth-order valence-electron chi connectivity index (χ4n) is 2.41. The highest BCUT2D eigenvalue weighted by Crippen LogP contribution is 2.37. The third-order valence-corrected chi connectivity index (χ3v) is 3.45. The Morgan fingerprint density at radius 3 is 2.40 bits per heavy atom. The highest BCUT2D eigenvalue weighted by Gasteiger charge is 2.61. The first-order valence-electron chi connectivity index (χ1n) is 4.80. The molecule has 1 fully saturated rings. The van der Waals surface area contributed by atoms with Gasteiger partial charge in [-0.15, -0.1) is 0 Å². The second-order valence-corrected chi connectivity index (χ2v) is 4.17. The van der Waals surface area contributed by atoms with Crippen LogP contribution in [0, 0.1) is 0 Å². The summed E-state index contributed by atoms with van der Waals surface area (Å²) in [7, 11) is 0. The van der Waals surface area contributed by atoms with Gasteiger partial charge in [0.05, 0.1) is 6.54 Å². The molecule has 2 N–H and O–H groups in total. The molecule has 1 rings (SSSR count). The van der Waals surface area contributed by atoms with Gasteiger partial charge in [0.25, 0.3) is 6.09 Å². The molecule has 0 saturated carbocycles. The number of rotatable bonds is 2. The first-order valence-corrected chi connectivity index (χ1v) is 4.80. The molecule has 0 radical (unpaired) electrons. The summed E-state index contributed by atoms with van der Waals surface area (Å²) in [5, 5.41) is 29.7. The van der Waals surface area contributed by atoms with Gasteiger partial charge in [-0.1, -0.05) is 0 Å². The number of carbonyl (C=O) groups excluding carboxylic acids is 1. The van der Waals surface area contributed by atoms with Gasteiger partial charge in [0.1, 0.15) is 12.6 Å². The molecule has 0 aliphatic carbocycles. The number of nitrogens with zero attached hydrogens (tertiary/aromatic N) is 1. The summed E-state index contributed by atoms with van der Waals surface area (Å²) in [4.78, 5) is 22.2. The molecule has 1 aliphatic heterocycles. The smallest absolute Gasteiger partial charge is 0.366 e. The summed E-state index contributed by atoms with van der Waals surface area (Å²) in [5.74, 6) is -1.22. The highest BCUT2D eigenvalue weighted by molar-refractivity contribution is 5.79. The van der Waals surface area contributed by atoms with Crippen LogP contribution in [0.15, 0.2) is 0 Å². The van der Waals surface area contributed by atoms with E-state index in [1.165, 1.54) is 6.92 Å². The zero-order valence-electron chi connectivity index (χ0n) is 8.77. The molecule has 6 nitrogen and oxygen atoms in total. The summed E-state index contributed by atoms with van der Waals surface area (Å²) >= 11 is 0. The molecule has 0 aromatic heterocycles. The van der Waals surface area contributed by atoms with Crippen LogP contribution in [-0.4, -0.2) is 51.5 Å². The van der Waals surface area contributed by atoms with E-state index < -0.39 is 28.2 Å². The van der Waals surface area contributed by atoms with Crippen molar-refractivity contribution < 1.29 is 29.4 Å². The maximum absolute atomic E-state index is 11.1. The number of amides is 1. The number of aliphatic hydroxyl groups is 1. The van der Waals surface area contributed by atoms with E-state index in [1.54, 1.807) is 6.92 Å². The normalized spacial score (nSPS) is 40.3. The minimum Gasteiger partial charge on any atom is -0.498 e. The molecule has 1 aliphatic rings. The molecule has 1 saturated heterocycles. The van der Waals surface area contributed by atoms with Crippen molar-refractivity contribution >= 4 is 12.1 Å². The Labute approximate surface area is 87.3 Å². The molecule has 0 aromatic rings. The van der Waals surface area contributed by atoms with Crippen LogP contribution in [0.5, 0.6) is 0 Å². The van der Waals surface area contributed by atoms with Gasteiger partial charge in [0.2, 0.25) is 5.54 Å². The number of carbonyl (C=O) groups is 2. The molecule has 1 heterocycles. The molecule has 0 aromatic carbocycles. The lowest BCUT2D eigenvalue weighted by Gasteiger charge is -2.42. The number of carboxylic acid groups (broad SMARTS) is 2. The average Bonchev–Trinajstić information content (AvgIpc) is 2.39. The monoisotopic (exact) mass is 217 g/mol. The van der Waals surface area contributed by atoms with Crippen LogP contribution in [0.1, 0.15) is 20.3 Å². The van der Waals surface area contributed by atoms with Gasteiger partial charge >= 0.3 is 5.97 Å². The summed E-state index contributed by atoms with van der Waals surface area (Å²) in [5.41, 5.74) is -1.51. The second-order valence-electron chi connectivity index (χ2n) is 4.17. The van der Waals surface area contributed by atoms with Crippen molar-refractivity contribution in [2.75, 3.05) is 13.1 Å². The van der Waals surface area contributed by atoms with Crippen LogP contribution in [0.4, 0.5) is 4.79 Å². The lowest BCUT2D eigenvalue weighted by Crippen LogP contribution is -2.69. The topological polar surface area (TPSA) is 97.7 Å². The van der Waals surface area contributed by atoms with E-state index in [-0.39, 0.29) is 19.5 Å². The Morgan fingerprint density at radius 2 is 2.13 bits per heavy atom. The number of hydrogen-bond acceptors (Lipinski definition) is 4. The minimum absolute atomic E-state index is 0.0653. The van der Waals surface area contributed by atoms with Gasteiger partial charge in [0.15, 0.2) is 0 Å². The van der Waals surface area contributed by atoms with Gasteiger partial charge in [-0.05, 0) is 6.92 Å². The van der Waals surface area contributed by atoms with E-state index in [9.17, 15) is 19.8 Å². The van der Waals surface area contributed by atoms with Crippen molar-refractivity contribution in [1.29, 1.82) is 0 Å². The largest absolute Gasteiger partial charge is 0.498 e. The number of hydrogen-bond donors (Lipinski definition) is 2. The molecular weight excluding hydrogens is 202 g/mol. The maximum atomic E-state index is 11.1. The Bertz CT molecular complexity index is 305. The van der Waals surface area contributed by atoms with E-state index in [4.69, 9.17) is 5.11 Å². The predicted molar refractivity (Wildman–Crippen MR) is 47.7 cm³/mol. The number of likely N-dealkylation sites (tertiary alicyclic amines) is 1.